The highest BCUT2D eigenvalue weighted by molar-refractivity contribution is 5.89. The Morgan fingerprint density at radius 3 is 2.73 bits per heavy atom. The Bertz CT molecular complexity index is 925. The Morgan fingerprint density at radius 2 is 2.00 bits per heavy atom. The lowest BCUT2D eigenvalue weighted by Crippen LogP contribution is -2.30. The predicted molar refractivity (Wildman–Crippen MR) is 100 cm³/mol. The second-order valence-electron chi connectivity index (χ2n) is 5.46. The molecular weight excluding hydrogens is 332 g/mol. The minimum absolute atomic E-state index is 0.175. The number of methoxy groups -OCH3 is 1. The molecule has 0 aliphatic heterocycles. The number of ether oxygens (including phenoxy) is 1. The van der Waals surface area contributed by atoms with Crippen molar-refractivity contribution in [3.63, 3.8) is 0 Å². The lowest BCUT2D eigenvalue weighted by molar-refractivity contribution is 0.0600. The highest BCUT2D eigenvalue weighted by Crippen LogP contribution is 2.17. The number of para-hydroxylation sites is 1. The van der Waals surface area contributed by atoms with Crippen LogP contribution < -0.4 is 11.1 Å². The molecule has 1 aromatic heterocycles. The first kappa shape index (κ1) is 17.2. The van der Waals surface area contributed by atoms with E-state index in [4.69, 9.17) is 10.2 Å². The van der Waals surface area contributed by atoms with E-state index in [1.165, 1.54) is 13.3 Å². The number of carbonyl (C=O) groups excluding carboxylic acids is 1. The van der Waals surface area contributed by atoms with Crippen molar-refractivity contribution in [1.82, 2.24) is 5.32 Å². The van der Waals surface area contributed by atoms with Crippen LogP contribution in [0.3, 0.4) is 0 Å². The van der Waals surface area contributed by atoms with Crippen LogP contribution in [0.15, 0.2) is 69.2 Å². The zero-order valence-electron chi connectivity index (χ0n) is 14.2. The lowest BCUT2D eigenvalue weighted by Gasteiger charge is -2.05. The Balaban J connectivity index is 1.55. The normalized spacial score (nSPS) is 11.8. The van der Waals surface area contributed by atoms with E-state index in [2.05, 4.69) is 20.3 Å². The van der Waals surface area contributed by atoms with Gasteiger partial charge in [0.2, 0.25) is 5.96 Å². The molecular formula is C19H18N4O3. The van der Waals surface area contributed by atoms with Gasteiger partial charge in [0, 0.05) is 11.9 Å². The van der Waals surface area contributed by atoms with Gasteiger partial charge < -0.3 is 20.2 Å². The van der Waals surface area contributed by atoms with Gasteiger partial charge in [0.25, 0.3) is 0 Å². The van der Waals surface area contributed by atoms with Gasteiger partial charge in [-0.2, -0.15) is 5.10 Å². The molecule has 7 heteroatoms. The molecule has 0 saturated heterocycles. The van der Waals surface area contributed by atoms with Gasteiger partial charge in [-0.1, -0.05) is 30.3 Å². The number of hydrogen-bond donors (Lipinski definition) is 2. The van der Waals surface area contributed by atoms with Crippen LogP contribution in [0.1, 0.15) is 21.7 Å². The molecule has 0 unspecified atom stereocenters. The van der Waals surface area contributed by atoms with Crippen LogP contribution in [-0.4, -0.2) is 25.3 Å². The SMILES string of the molecule is COC(=O)c1ccc(CNC(N)=NN=Cc2cc3ccccc3o2)cc1. The van der Waals surface area contributed by atoms with Gasteiger partial charge in [-0.05, 0) is 29.8 Å². The van der Waals surface area contributed by atoms with E-state index in [-0.39, 0.29) is 11.9 Å². The first-order chi connectivity index (χ1) is 12.7. The third-order valence-electron chi connectivity index (χ3n) is 3.64. The highest BCUT2D eigenvalue weighted by Gasteiger charge is 2.04. The van der Waals surface area contributed by atoms with E-state index in [9.17, 15) is 4.79 Å². The molecule has 2 aromatic carbocycles. The summed E-state index contributed by atoms with van der Waals surface area (Å²) in [6.45, 7) is 0.455. The molecule has 0 saturated carbocycles. The summed E-state index contributed by atoms with van der Waals surface area (Å²) in [5.74, 6) is 0.404. The molecule has 26 heavy (non-hydrogen) atoms. The van der Waals surface area contributed by atoms with E-state index in [1.807, 2.05) is 42.5 Å². The monoisotopic (exact) mass is 350 g/mol. The Kier molecular flexibility index (Phi) is 5.28. The topological polar surface area (TPSA) is 102 Å². The fraction of sp³-hybridized carbons (Fsp3) is 0.105. The van der Waals surface area contributed by atoms with Gasteiger partial charge in [0.05, 0.1) is 18.9 Å². The Morgan fingerprint density at radius 1 is 1.23 bits per heavy atom. The zero-order valence-corrected chi connectivity index (χ0v) is 14.2. The molecule has 0 aliphatic carbocycles. The van der Waals surface area contributed by atoms with E-state index < -0.39 is 0 Å². The van der Waals surface area contributed by atoms with Crippen molar-refractivity contribution < 1.29 is 13.9 Å². The third kappa shape index (κ3) is 4.27. The number of rotatable bonds is 5. The van der Waals surface area contributed by atoms with Crippen molar-refractivity contribution in [1.29, 1.82) is 0 Å². The molecule has 0 amide bonds. The van der Waals surface area contributed by atoms with Crippen LogP contribution >= 0.6 is 0 Å². The number of furan rings is 1. The summed E-state index contributed by atoms with van der Waals surface area (Å²) in [6.07, 6.45) is 1.50. The van der Waals surface area contributed by atoms with Crippen LogP contribution in [0.25, 0.3) is 11.0 Å². The van der Waals surface area contributed by atoms with Crippen LogP contribution in [0.2, 0.25) is 0 Å². The van der Waals surface area contributed by atoms with Crippen molar-refractivity contribution in [2.45, 2.75) is 6.54 Å². The van der Waals surface area contributed by atoms with Gasteiger partial charge >= 0.3 is 5.97 Å². The van der Waals surface area contributed by atoms with Crippen LogP contribution in [0.5, 0.6) is 0 Å². The minimum atomic E-state index is -0.370. The molecule has 0 atom stereocenters. The second-order valence-corrected chi connectivity index (χ2v) is 5.46. The Hall–Kier alpha value is -3.61. The molecule has 7 nitrogen and oxygen atoms in total. The summed E-state index contributed by atoms with van der Waals surface area (Å²) in [7, 11) is 1.35. The average Bonchev–Trinajstić information content (AvgIpc) is 3.09. The molecule has 0 aliphatic rings. The smallest absolute Gasteiger partial charge is 0.337 e. The summed E-state index contributed by atoms with van der Waals surface area (Å²) < 4.78 is 10.3. The highest BCUT2D eigenvalue weighted by atomic mass is 16.5. The van der Waals surface area contributed by atoms with Crippen molar-refractivity contribution >= 4 is 29.1 Å². The summed E-state index contributed by atoms with van der Waals surface area (Å²) in [5, 5.41) is 11.7. The number of fused-ring (bicyclic) bond motifs is 1. The summed E-state index contributed by atoms with van der Waals surface area (Å²) in [5.41, 5.74) is 8.01. The predicted octanol–water partition coefficient (Wildman–Crippen LogP) is 2.66. The quantitative estimate of drug-likeness (QED) is 0.319. The number of guanidine groups is 1. The fourth-order valence-corrected chi connectivity index (χ4v) is 2.32. The Labute approximate surface area is 150 Å². The number of nitrogens with two attached hydrogens (primary N) is 1. The summed E-state index contributed by atoms with van der Waals surface area (Å²) >= 11 is 0. The second kappa shape index (κ2) is 7.98. The van der Waals surface area contributed by atoms with Crippen LogP contribution in [-0.2, 0) is 11.3 Å². The van der Waals surface area contributed by atoms with E-state index >= 15 is 0 Å². The molecule has 1 heterocycles. The van der Waals surface area contributed by atoms with Crippen molar-refractivity contribution in [2.24, 2.45) is 15.9 Å². The molecule has 0 fully saturated rings. The molecule has 3 aromatic rings. The van der Waals surface area contributed by atoms with Gasteiger partial charge in [-0.15, -0.1) is 5.10 Å². The molecule has 0 spiro atoms. The fourth-order valence-electron chi connectivity index (χ4n) is 2.32. The zero-order chi connectivity index (χ0) is 18.4. The van der Waals surface area contributed by atoms with Crippen molar-refractivity contribution in [2.75, 3.05) is 7.11 Å². The number of hydrogen-bond acceptors (Lipinski definition) is 5. The maximum absolute atomic E-state index is 11.4. The van der Waals surface area contributed by atoms with E-state index in [0.29, 0.717) is 17.9 Å². The van der Waals surface area contributed by atoms with Gasteiger partial charge in [-0.3, -0.25) is 0 Å². The largest absolute Gasteiger partial charge is 0.465 e. The number of carbonyl (C=O) groups is 1. The molecule has 0 bridgehead atoms. The lowest BCUT2D eigenvalue weighted by atomic mass is 10.1. The maximum atomic E-state index is 11.4. The number of nitrogens with one attached hydrogen (secondary N) is 1. The molecule has 0 radical (unpaired) electrons. The minimum Gasteiger partial charge on any atom is -0.465 e. The van der Waals surface area contributed by atoms with Crippen molar-refractivity contribution in [3.8, 4) is 0 Å². The van der Waals surface area contributed by atoms with Gasteiger partial charge in [0.1, 0.15) is 11.3 Å². The first-order valence-electron chi connectivity index (χ1n) is 7.92. The van der Waals surface area contributed by atoms with E-state index in [1.54, 1.807) is 12.1 Å². The van der Waals surface area contributed by atoms with Crippen LogP contribution in [0.4, 0.5) is 0 Å². The van der Waals surface area contributed by atoms with Gasteiger partial charge in [-0.25, -0.2) is 4.79 Å². The number of esters is 1. The molecule has 3 rings (SSSR count). The third-order valence-corrected chi connectivity index (χ3v) is 3.64. The number of nitrogens with zero attached hydrogens (tertiary/aromatic N) is 2. The number of benzene rings is 2. The maximum Gasteiger partial charge on any atom is 0.337 e. The van der Waals surface area contributed by atoms with E-state index in [0.717, 1.165) is 16.5 Å². The molecule has 132 valence electrons. The average molecular weight is 350 g/mol. The van der Waals surface area contributed by atoms with Crippen molar-refractivity contribution in [3.05, 3.63) is 71.5 Å². The summed E-state index contributed by atoms with van der Waals surface area (Å²) in [4.78, 5) is 11.4. The van der Waals surface area contributed by atoms with Crippen LogP contribution in [0, 0.1) is 0 Å². The molecule has 3 N–H and O–H groups in total. The van der Waals surface area contributed by atoms with Gasteiger partial charge in [0.15, 0.2) is 0 Å². The summed E-state index contributed by atoms with van der Waals surface area (Å²) in [6, 6.07) is 16.6. The standard InChI is InChI=1S/C19H18N4O3/c1-25-18(24)14-8-6-13(7-9-14)11-21-19(20)23-22-12-16-10-15-4-2-3-5-17(15)26-16/h2-10,12H,11H2,1H3,(H3,20,21,23). The first-order valence-corrected chi connectivity index (χ1v) is 7.92.